The van der Waals surface area contributed by atoms with Crippen LogP contribution in [0.5, 0.6) is 0 Å². The zero-order chi connectivity index (χ0) is 9.97. The summed E-state index contributed by atoms with van der Waals surface area (Å²) in [6.07, 6.45) is 1.69. The van der Waals surface area contributed by atoms with E-state index in [-0.39, 0.29) is 11.9 Å². The molecule has 5 nitrogen and oxygen atoms in total. The van der Waals surface area contributed by atoms with Crippen LogP contribution in [-0.4, -0.2) is 34.7 Å². The van der Waals surface area contributed by atoms with Crippen LogP contribution in [0.3, 0.4) is 0 Å². The maximum absolute atomic E-state index is 11.5. The molecule has 1 aliphatic rings. The molecule has 1 aromatic rings. The lowest BCUT2D eigenvalue weighted by Gasteiger charge is -2.08. The number of carbonyl (C=O) groups excluding carboxylic acids is 1. The first-order valence-corrected chi connectivity index (χ1v) is 5.25. The Balaban J connectivity index is 1.90. The van der Waals surface area contributed by atoms with E-state index in [0.717, 1.165) is 0 Å². The Kier molecular flexibility index (Phi) is 2.76. The van der Waals surface area contributed by atoms with E-state index in [1.54, 1.807) is 11.6 Å². The van der Waals surface area contributed by atoms with Crippen molar-refractivity contribution < 1.29 is 9.90 Å². The number of nitrogens with one attached hydrogen (secondary N) is 2. The number of β-amino-alcohol motifs (C(OH)–C–C–N with tert-alkyl or cyclic N) is 1. The molecule has 0 aliphatic carbocycles. The van der Waals surface area contributed by atoms with Crippen LogP contribution in [-0.2, 0) is 4.79 Å². The van der Waals surface area contributed by atoms with Gasteiger partial charge in [-0.1, -0.05) is 0 Å². The summed E-state index contributed by atoms with van der Waals surface area (Å²) < 4.78 is 0. The molecule has 1 aliphatic heterocycles. The standard InChI is InChI=1S/C8H11N3O2S/c12-5-3-6(10-4-5)7(13)11-8-9-1-2-14-8/h1-2,5-6,10,12H,3-4H2,(H,9,11,13)/t5-,6-/m0/s1. The van der Waals surface area contributed by atoms with Crippen molar-refractivity contribution >= 4 is 22.4 Å². The summed E-state index contributed by atoms with van der Waals surface area (Å²) in [5, 5.41) is 17.2. The highest BCUT2D eigenvalue weighted by Gasteiger charge is 2.28. The minimum absolute atomic E-state index is 0.128. The number of anilines is 1. The van der Waals surface area contributed by atoms with Gasteiger partial charge >= 0.3 is 0 Å². The van der Waals surface area contributed by atoms with E-state index in [0.29, 0.717) is 18.1 Å². The first-order valence-electron chi connectivity index (χ1n) is 4.37. The van der Waals surface area contributed by atoms with Gasteiger partial charge in [0.1, 0.15) is 0 Å². The van der Waals surface area contributed by atoms with Gasteiger partial charge in [-0.05, 0) is 6.42 Å². The van der Waals surface area contributed by atoms with Gasteiger partial charge < -0.3 is 15.7 Å². The highest BCUT2D eigenvalue weighted by molar-refractivity contribution is 7.13. The number of aliphatic hydroxyl groups is 1. The van der Waals surface area contributed by atoms with Gasteiger partial charge in [0.05, 0.1) is 12.1 Å². The van der Waals surface area contributed by atoms with Crippen LogP contribution in [0.15, 0.2) is 11.6 Å². The van der Waals surface area contributed by atoms with E-state index < -0.39 is 6.10 Å². The van der Waals surface area contributed by atoms with Gasteiger partial charge in [-0.3, -0.25) is 4.79 Å². The number of hydrogen-bond acceptors (Lipinski definition) is 5. The Hall–Kier alpha value is -0.980. The van der Waals surface area contributed by atoms with Gasteiger partial charge in [0.15, 0.2) is 5.13 Å². The van der Waals surface area contributed by atoms with Gasteiger partial charge in [0.25, 0.3) is 0 Å². The van der Waals surface area contributed by atoms with Crippen molar-refractivity contribution in [3.63, 3.8) is 0 Å². The summed E-state index contributed by atoms with van der Waals surface area (Å²) in [6, 6.07) is -0.297. The molecule has 6 heteroatoms. The number of aliphatic hydroxyl groups excluding tert-OH is 1. The lowest BCUT2D eigenvalue weighted by molar-refractivity contribution is -0.117. The van der Waals surface area contributed by atoms with Crippen molar-refractivity contribution in [1.82, 2.24) is 10.3 Å². The van der Waals surface area contributed by atoms with Crippen molar-refractivity contribution in [1.29, 1.82) is 0 Å². The Labute approximate surface area is 85.2 Å². The SMILES string of the molecule is O=C(Nc1nccs1)[C@@H]1C[C@H](O)CN1. The normalized spacial score (nSPS) is 26.4. The second kappa shape index (κ2) is 4.04. The molecule has 1 saturated heterocycles. The maximum Gasteiger partial charge on any atom is 0.243 e. The Bertz CT molecular complexity index is 314. The molecule has 0 saturated carbocycles. The van der Waals surface area contributed by atoms with Crippen LogP contribution in [0.1, 0.15) is 6.42 Å². The zero-order valence-electron chi connectivity index (χ0n) is 7.43. The van der Waals surface area contributed by atoms with Gasteiger partial charge in [-0.25, -0.2) is 4.98 Å². The largest absolute Gasteiger partial charge is 0.392 e. The minimum Gasteiger partial charge on any atom is -0.392 e. The number of thiazole rings is 1. The van der Waals surface area contributed by atoms with Crippen molar-refractivity contribution in [2.75, 3.05) is 11.9 Å². The summed E-state index contributed by atoms with van der Waals surface area (Å²) in [4.78, 5) is 15.5. The van der Waals surface area contributed by atoms with Crippen LogP contribution >= 0.6 is 11.3 Å². The number of amides is 1. The molecule has 1 fully saturated rings. The predicted molar refractivity (Wildman–Crippen MR) is 53.2 cm³/mol. The third kappa shape index (κ3) is 2.09. The van der Waals surface area contributed by atoms with E-state index >= 15 is 0 Å². The fourth-order valence-electron chi connectivity index (χ4n) is 1.39. The molecule has 76 valence electrons. The van der Waals surface area contributed by atoms with Crippen LogP contribution in [0.25, 0.3) is 0 Å². The lowest BCUT2D eigenvalue weighted by Crippen LogP contribution is -2.35. The molecule has 2 heterocycles. The monoisotopic (exact) mass is 213 g/mol. The molecule has 1 aromatic heterocycles. The molecule has 3 N–H and O–H groups in total. The number of aromatic nitrogens is 1. The number of carbonyl (C=O) groups is 1. The molecule has 14 heavy (non-hydrogen) atoms. The quantitative estimate of drug-likeness (QED) is 0.636. The van der Waals surface area contributed by atoms with E-state index in [9.17, 15) is 9.90 Å². The fourth-order valence-corrected chi connectivity index (χ4v) is 1.93. The topological polar surface area (TPSA) is 74.2 Å². The van der Waals surface area contributed by atoms with Gasteiger partial charge in [-0.15, -0.1) is 11.3 Å². The summed E-state index contributed by atoms with van der Waals surface area (Å²) in [5.74, 6) is -0.128. The Morgan fingerprint density at radius 2 is 2.64 bits per heavy atom. The molecule has 2 rings (SSSR count). The zero-order valence-corrected chi connectivity index (χ0v) is 8.25. The highest BCUT2D eigenvalue weighted by Crippen LogP contribution is 2.13. The second-order valence-electron chi connectivity index (χ2n) is 3.18. The van der Waals surface area contributed by atoms with E-state index in [1.807, 2.05) is 0 Å². The third-order valence-corrected chi connectivity index (χ3v) is 2.78. The average molecular weight is 213 g/mol. The molecular weight excluding hydrogens is 202 g/mol. The molecule has 1 amide bonds. The highest BCUT2D eigenvalue weighted by atomic mass is 32.1. The van der Waals surface area contributed by atoms with Crippen molar-refractivity contribution in [3.8, 4) is 0 Å². The molecule has 2 atom stereocenters. The molecule has 0 bridgehead atoms. The first-order chi connectivity index (χ1) is 6.75. The van der Waals surface area contributed by atoms with Crippen molar-refractivity contribution in [3.05, 3.63) is 11.6 Å². The van der Waals surface area contributed by atoms with Gasteiger partial charge in [0, 0.05) is 18.1 Å². The smallest absolute Gasteiger partial charge is 0.243 e. The second-order valence-corrected chi connectivity index (χ2v) is 4.07. The molecule has 0 unspecified atom stereocenters. The van der Waals surface area contributed by atoms with Crippen LogP contribution in [0.4, 0.5) is 5.13 Å². The predicted octanol–water partition coefficient (Wildman–Crippen LogP) is -0.196. The number of hydrogen-bond donors (Lipinski definition) is 3. The molecule has 0 radical (unpaired) electrons. The average Bonchev–Trinajstić information content (AvgIpc) is 2.75. The van der Waals surface area contributed by atoms with Crippen molar-refractivity contribution in [2.45, 2.75) is 18.6 Å². The molecular formula is C8H11N3O2S. The van der Waals surface area contributed by atoms with Crippen molar-refractivity contribution in [2.24, 2.45) is 0 Å². The first kappa shape index (κ1) is 9.57. The minimum atomic E-state index is -0.415. The van der Waals surface area contributed by atoms with Crippen LogP contribution in [0, 0.1) is 0 Å². The van der Waals surface area contributed by atoms with Gasteiger partial charge in [-0.2, -0.15) is 0 Å². The Morgan fingerprint density at radius 3 is 3.21 bits per heavy atom. The maximum atomic E-state index is 11.5. The summed E-state index contributed by atoms with van der Waals surface area (Å²) in [6.45, 7) is 0.482. The van der Waals surface area contributed by atoms with E-state index in [4.69, 9.17) is 0 Å². The summed E-state index contributed by atoms with van der Waals surface area (Å²) >= 11 is 1.38. The van der Waals surface area contributed by atoms with Gasteiger partial charge in [0.2, 0.25) is 5.91 Å². The van der Waals surface area contributed by atoms with Crippen LogP contribution in [0.2, 0.25) is 0 Å². The number of nitrogens with zero attached hydrogens (tertiary/aromatic N) is 1. The molecule has 0 spiro atoms. The van der Waals surface area contributed by atoms with E-state index in [1.165, 1.54) is 11.3 Å². The summed E-state index contributed by atoms with van der Waals surface area (Å²) in [7, 11) is 0. The lowest BCUT2D eigenvalue weighted by atomic mass is 10.2. The van der Waals surface area contributed by atoms with E-state index in [2.05, 4.69) is 15.6 Å². The fraction of sp³-hybridized carbons (Fsp3) is 0.500. The third-order valence-electron chi connectivity index (χ3n) is 2.09. The van der Waals surface area contributed by atoms with Crippen LogP contribution < -0.4 is 10.6 Å². The Morgan fingerprint density at radius 1 is 1.79 bits per heavy atom. The molecule has 0 aromatic carbocycles. The number of rotatable bonds is 2. The summed E-state index contributed by atoms with van der Waals surface area (Å²) in [5.41, 5.74) is 0.